The third-order valence-electron chi connectivity index (χ3n) is 1.86. The Hall–Kier alpha value is -1.86. The maximum absolute atomic E-state index is 9.51. The number of hydrogen-bond donors (Lipinski definition) is 4. The Morgan fingerprint density at radius 3 is 3.00 bits per heavy atom. The van der Waals surface area contributed by atoms with Crippen LogP contribution in [-0.4, -0.2) is 26.5 Å². The summed E-state index contributed by atoms with van der Waals surface area (Å²) in [5, 5.41) is 19.2. The molecule has 2 rings (SSSR count). The number of phenolic OH excluding ortho intramolecular Hbond substituents is 1. The molecule has 0 aliphatic rings. The van der Waals surface area contributed by atoms with Gasteiger partial charge < -0.3 is 5.11 Å². The van der Waals surface area contributed by atoms with Gasteiger partial charge in [-0.2, -0.15) is 10.1 Å². The summed E-state index contributed by atoms with van der Waals surface area (Å²) < 4.78 is 0.327. The van der Waals surface area contributed by atoms with Crippen LogP contribution < -0.4 is 5.43 Å². The average Bonchev–Trinajstić information content (AvgIpc) is 2.69. The van der Waals surface area contributed by atoms with Gasteiger partial charge in [-0.25, -0.2) is 5.43 Å². The van der Waals surface area contributed by atoms with Gasteiger partial charge in [0.2, 0.25) is 10.7 Å². The molecular weight excluding hydrogens is 262 g/mol. The van der Waals surface area contributed by atoms with Crippen molar-refractivity contribution in [1.82, 2.24) is 15.2 Å². The summed E-state index contributed by atoms with van der Waals surface area (Å²) in [5.74, 6) is 0.475. The molecule has 0 fully saturated rings. The van der Waals surface area contributed by atoms with E-state index >= 15 is 0 Å². The fourth-order valence-electron chi connectivity index (χ4n) is 1.11. The molecule has 0 bridgehead atoms. The van der Waals surface area contributed by atoms with Crippen molar-refractivity contribution in [3.05, 3.63) is 33.6 Å². The lowest BCUT2D eigenvalue weighted by Gasteiger charge is -1.98. The molecule has 1 aromatic heterocycles. The van der Waals surface area contributed by atoms with Crippen LogP contribution in [0.1, 0.15) is 5.56 Å². The Balaban J connectivity index is 2.10. The van der Waals surface area contributed by atoms with Crippen molar-refractivity contribution in [2.45, 2.75) is 0 Å². The maximum atomic E-state index is 9.51. The Labute approximate surface area is 106 Å². The lowest BCUT2D eigenvalue weighted by molar-refractivity contribution is 0.474. The second-order valence-corrected chi connectivity index (χ2v) is 3.91. The molecule has 0 unspecified atom stereocenters. The third-order valence-corrected chi connectivity index (χ3v) is 2.29. The van der Waals surface area contributed by atoms with Gasteiger partial charge in [0.05, 0.1) is 6.21 Å². The molecule has 0 atom stereocenters. The van der Waals surface area contributed by atoms with Crippen molar-refractivity contribution in [2.24, 2.45) is 5.10 Å². The molecule has 17 heavy (non-hydrogen) atoms. The molecule has 0 aliphatic heterocycles. The number of H-pyrrole nitrogens is 2. The molecule has 0 aliphatic carbocycles. The van der Waals surface area contributed by atoms with E-state index in [9.17, 15) is 5.11 Å². The van der Waals surface area contributed by atoms with Crippen LogP contribution in [0.5, 0.6) is 5.75 Å². The van der Waals surface area contributed by atoms with Crippen molar-refractivity contribution in [2.75, 3.05) is 5.43 Å². The highest BCUT2D eigenvalue weighted by atomic mass is 35.5. The highest BCUT2D eigenvalue weighted by Crippen LogP contribution is 2.19. The first kappa shape index (κ1) is 11.6. The van der Waals surface area contributed by atoms with Gasteiger partial charge >= 0.3 is 0 Å². The number of aromatic hydroxyl groups is 1. The van der Waals surface area contributed by atoms with Crippen LogP contribution in [0.2, 0.25) is 5.02 Å². The largest absolute Gasteiger partial charge is 0.507 e. The van der Waals surface area contributed by atoms with Gasteiger partial charge in [0, 0.05) is 10.6 Å². The van der Waals surface area contributed by atoms with E-state index in [1.54, 1.807) is 12.1 Å². The predicted molar refractivity (Wildman–Crippen MR) is 68.1 cm³/mol. The Morgan fingerprint density at radius 1 is 1.47 bits per heavy atom. The van der Waals surface area contributed by atoms with E-state index < -0.39 is 0 Å². The molecule has 0 saturated heterocycles. The van der Waals surface area contributed by atoms with Gasteiger partial charge in [-0.3, -0.25) is 10.2 Å². The molecule has 1 heterocycles. The third kappa shape index (κ3) is 3.05. The van der Waals surface area contributed by atoms with Gasteiger partial charge in [-0.15, -0.1) is 0 Å². The van der Waals surface area contributed by atoms with Gasteiger partial charge in [0.15, 0.2) is 0 Å². The van der Waals surface area contributed by atoms with Crippen molar-refractivity contribution in [3.63, 3.8) is 0 Å². The number of aromatic nitrogens is 3. The van der Waals surface area contributed by atoms with Crippen LogP contribution in [0.15, 0.2) is 23.3 Å². The quantitative estimate of drug-likeness (QED) is 0.391. The first-order valence-corrected chi connectivity index (χ1v) is 5.36. The van der Waals surface area contributed by atoms with Crippen LogP contribution in [0, 0.1) is 4.77 Å². The molecule has 6 nitrogen and oxygen atoms in total. The van der Waals surface area contributed by atoms with Crippen molar-refractivity contribution in [1.29, 1.82) is 0 Å². The zero-order valence-corrected chi connectivity index (χ0v) is 10.0. The van der Waals surface area contributed by atoms with E-state index in [4.69, 9.17) is 23.8 Å². The number of anilines is 1. The monoisotopic (exact) mass is 269 g/mol. The standard InChI is InChI=1S/C9H8ClN5OS/c10-6-1-2-7(16)5(3-6)4-11-13-8-12-9(17)15-14-8/h1-4,16H,(H3,12,13,14,15,17)/b11-4-. The van der Waals surface area contributed by atoms with Gasteiger partial charge in [-0.05, 0) is 30.4 Å². The van der Waals surface area contributed by atoms with Gasteiger partial charge in [0.1, 0.15) is 5.75 Å². The van der Waals surface area contributed by atoms with Crippen molar-refractivity contribution >= 4 is 36.0 Å². The summed E-state index contributed by atoms with van der Waals surface area (Å²) in [4.78, 5) is 3.87. The SMILES string of the molecule is Oc1ccc(Cl)cc1/C=N\Nc1nc(=S)[nH][nH]1. The average molecular weight is 270 g/mol. The van der Waals surface area contributed by atoms with Crippen molar-refractivity contribution in [3.8, 4) is 5.75 Å². The molecule has 0 amide bonds. The number of benzene rings is 1. The fourth-order valence-corrected chi connectivity index (χ4v) is 1.44. The topological polar surface area (TPSA) is 89.1 Å². The molecule has 0 spiro atoms. The molecule has 0 saturated carbocycles. The van der Waals surface area contributed by atoms with Crippen LogP contribution in [0.4, 0.5) is 5.95 Å². The van der Waals surface area contributed by atoms with Crippen LogP contribution in [-0.2, 0) is 0 Å². The molecule has 1 aromatic carbocycles. The van der Waals surface area contributed by atoms with Crippen LogP contribution in [0.3, 0.4) is 0 Å². The van der Waals surface area contributed by atoms with E-state index in [2.05, 4.69) is 25.7 Å². The second-order valence-electron chi connectivity index (χ2n) is 3.09. The normalized spacial score (nSPS) is 10.9. The number of halogens is 1. The minimum Gasteiger partial charge on any atom is -0.507 e. The summed E-state index contributed by atoms with van der Waals surface area (Å²) in [6.45, 7) is 0. The smallest absolute Gasteiger partial charge is 0.238 e. The summed E-state index contributed by atoms with van der Waals surface area (Å²) in [6.07, 6.45) is 1.42. The number of phenols is 1. The van der Waals surface area contributed by atoms with E-state index in [1.807, 2.05) is 0 Å². The Morgan fingerprint density at radius 2 is 2.29 bits per heavy atom. The van der Waals surface area contributed by atoms with Crippen LogP contribution in [0.25, 0.3) is 0 Å². The van der Waals surface area contributed by atoms with E-state index in [1.165, 1.54) is 12.3 Å². The minimum absolute atomic E-state index is 0.0925. The molecule has 0 radical (unpaired) electrons. The molecular formula is C9H8ClN5OS. The number of aromatic amines is 2. The van der Waals surface area contributed by atoms with Crippen molar-refractivity contribution < 1.29 is 5.11 Å². The Kier molecular flexibility index (Phi) is 3.40. The van der Waals surface area contributed by atoms with E-state index in [0.29, 0.717) is 21.3 Å². The second kappa shape index (κ2) is 4.98. The summed E-state index contributed by atoms with van der Waals surface area (Å²) in [6, 6.07) is 4.67. The lowest BCUT2D eigenvalue weighted by atomic mass is 10.2. The van der Waals surface area contributed by atoms with E-state index in [0.717, 1.165) is 0 Å². The predicted octanol–water partition coefficient (Wildman–Crippen LogP) is 2.27. The number of nitrogens with zero attached hydrogens (tertiary/aromatic N) is 2. The van der Waals surface area contributed by atoms with Gasteiger partial charge in [-0.1, -0.05) is 11.6 Å². The molecule has 88 valence electrons. The first-order valence-electron chi connectivity index (χ1n) is 4.57. The number of hydrogen-bond acceptors (Lipinski definition) is 5. The molecule has 8 heteroatoms. The van der Waals surface area contributed by atoms with E-state index in [-0.39, 0.29) is 5.75 Å². The zero-order valence-electron chi connectivity index (χ0n) is 8.44. The fraction of sp³-hybridized carbons (Fsp3) is 0. The first-order chi connectivity index (χ1) is 8.15. The Bertz CT molecular complexity index is 605. The highest BCUT2D eigenvalue weighted by Gasteiger charge is 1.98. The lowest BCUT2D eigenvalue weighted by Crippen LogP contribution is -1.92. The number of rotatable bonds is 3. The summed E-state index contributed by atoms with van der Waals surface area (Å²) >= 11 is 10.6. The number of hydrazone groups is 1. The summed E-state index contributed by atoms with van der Waals surface area (Å²) in [7, 11) is 0. The zero-order chi connectivity index (χ0) is 12.3. The van der Waals surface area contributed by atoms with Crippen LogP contribution >= 0.6 is 23.8 Å². The highest BCUT2D eigenvalue weighted by molar-refractivity contribution is 7.71. The summed E-state index contributed by atoms with van der Waals surface area (Å²) in [5.41, 5.74) is 3.11. The van der Waals surface area contributed by atoms with Gasteiger partial charge in [0.25, 0.3) is 0 Å². The minimum atomic E-state index is 0.0925. The maximum Gasteiger partial charge on any atom is 0.238 e. The molecule has 4 N–H and O–H groups in total. The molecule has 2 aromatic rings. The number of nitrogens with one attached hydrogen (secondary N) is 3.